The molecule has 1 saturated heterocycles. The summed E-state index contributed by atoms with van der Waals surface area (Å²) in [4.78, 5) is 14.7. The number of ether oxygens (including phenoxy) is 2. The highest BCUT2D eigenvalue weighted by Gasteiger charge is 2.37. The number of esters is 1. The van der Waals surface area contributed by atoms with E-state index in [4.69, 9.17) is 9.47 Å². The topological polar surface area (TPSA) is 38.8 Å². The Balaban J connectivity index is 1.63. The molecule has 34 heavy (non-hydrogen) atoms. The van der Waals surface area contributed by atoms with Gasteiger partial charge in [0.05, 0.1) is 23.8 Å². The number of alkyl halides is 3. The summed E-state index contributed by atoms with van der Waals surface area (Å²) in [7, 11) is 0. The van der Waals surface area contributed by atoms with Crippen molar-refractivity contribution in [3.63, 3.8) is 0 Å². The molecule has 0 amide bonds. The molecule has 1 fully saturated rings. The van der Waals surface area contributed by atoms with E-state index in [1.165, 1.54) is 24.3 Å². The van der Waals surface area contributed by atoms with Gasteiger partial charge in [-0.25, -0.2) is 13.6 Å². The molecule has 0 aromatic heterocycles. The van der Waals surface area contributed by atoms with Crippen molar-refractivity contribution in [3.05, 3.63) is 107 Å². The summed E-state index contributed by atoms with van der Waals surface area (Å²) in [6, 6.07) is 15.9. The zero-order chi connectivity index (χ0) is 24.3. The Labute approximate surface area is 192 Å². The number of carbonyl (C=O) groups excluding carboxylic acids is 1. The van der Waals surface area contributed by atoms with Gasteiger partial charge in [0.15, 0.2) is 0 Å². The van der Waals surface area contributed by atoms with Crippen molar-refractivity contribution < 1.29 is 36.2 Å². The molecule has 0 spiro atoms. The van der Waals surface area contributed by atoms with Gasteiger partial charge < -0.3 is 9.47 Å². The summed E-state index contributed by atoms with van der Waals surface area (Å²) in [5.41, 5.74) is -0.328. The second kappa shape index (κ2) is 9.90. The first-order chi connectivity index (χ1) is 16.2. The molecule has 178 valence electrons. The summed E-state index contributed by atoms with van der Waals surface area (Å²) in [5.74, 6) is -2.83. The molecule has 1 aliphatic rings. The van der Waals surface area contributed by atoms with E-state index in [0.29, 0.717) is 36.9 Å². The van der Waals surface area contributed by atoms with E-state index in [1.807, 2.05) is 35.2 Å². The van der Waals surface area contributed by atoms with Gasteiger partial charge in [-0.3, -0.25) is 4.90 Å². The number of hydrogen-bond donors (Lipinski definition) is 0. The van der Waals surface area contributed by atoms with Crippen molar-refractivity contribution in [3.8, 4) is 0 Å². The van der Waals surface area contributed by atoms with Crippen LogP contribution in [0, 0.1) is 11.6 Å². The molecule has 4 rings (SSSR count). The molecule has 4 nitrogen and oxygen atoms in total. The number of benzene rings is 3. The first-order valence-corrected chi connectivity index (χ1v) is 10.4. The van der Waals surface area contributed by atoms with Crippen molar-refractivity contribution in [2.24, 2.45) is 0 Å². The summed E-state index contributed by atoms with van der Waals surface area (Å²) in [5, 5.41) is 0. The van der Waals surface area contributed by atoms with Crippen LogP contribution in [0.1, 0.15) is 33.1 Å². The first kappa shape index (κ1) is 23.8. The minimum atomic E-state index is -4.83. The maximum Gasteiger partial charge on any atom is 0.416 e. The van der Waals surface area contributed by atoms with Crippen LogP contribution in [0.15, 0.2) is 72.8 Å². The average Bonchev–Trinajstić information content (AvgIpc) is 2.80. The maximum absolute atomic E-state index is 13.8. The van der Waals surface area contributed by atoms with E-state index < -0.39 is 47.2 Å². The van der Waals surface area contributed by atoms with E-state index in [1.54, 1.807) is 0 Å². The fraction of sp³-hybridized carbons (Fsp3) is 0.240. The lowest BCUT2D eigenvalue weighted by Gasteiger charge is -2.40. The molecule has 0 radical (unpaired) electrons. The number of hydrogen-bond acceptors (Lipinski definition) is 4. The number of rotatable bonds is 5. The third-order valence-corrected chi connectivity index (χ3v) is 5.44. The van der Waals surface area contributed by atoms with E-state index in [-0.39, 0.29) is 6.61 Å². The van der Waals surface area contributed by atoms with Gasteiger partial charge in [-0.2, -0.15) is 13.2 Å². The second-order valence-corrected chi connectivity index (χ2v) is 7.82. The van der Waals surface area contributed by atoms with Crippen LogP contribution in [0.3, 0.4) is 0 Å². The maximum atomic E-state index is 13.8. The fourth-order valence-electron chi connectivity index (χ4n) is 3.85. The quantitative estimate of drug-likeness (QED) is 0.347. The molecule has 1 heterocycles. The lowest BCUT2D eigenvalue weighted by molar-refractivity contribution is -0.186. The Hall–Kier alpha value is -3.30. The summed E-state index contributed by atoms with van der Waals surface area (Å²) >= 11 is 0. The van der Waals surface area contributed by atoms with E-state index in [2.05, 4.69) is 0 Å². The SMILES string of the molecule is O=C(O[C@H]1OCCN(Cc2ccccc2)[C@H]1c1ccc(F)cc1)c1cc(F)cc(C(F)(F)F)c1. The van der Waals surface area contributed by atoms with Crippen LogP contribution in [0.5, 0.6) is 0 Å². The first-order valence-electron chi connectivity index (χ1n) is 10.4. The summed E-state index contributed by atoms with van der Waals surface area (Å²) < 4.78 is 77.6. The number of carbonyl (C=O) groups is 1. The van der Waals surface area contributed by atoms with Crippen LogP contribution in [0.4, 0.5) is 22.0 Å². The van der Waals surface area contributed by atoms with E-state index in [0.717, 1.165) is 5.56 Å². The number of nitrogens with zero attached hydrogens (tertiary/aromatic N) is 1. The monoisotopic (exact) mass is 477 g/mol. The second-order valence-electron chi connectivity index (χ2n) is 7.82. The van der Waals surface area contributed by atoms with Crippen LogP contribution < -0.4 is 0 Å². The Morgan fingerprint density at radius 1 is 0.971 bits per heavy atom. The molecule has 2 atom stereocenters. The molecule has 9 heteroatoms. The van der Waals surface area contributed by atoms with Gasteiger partial charge in [0.2, 0.25) is 6.29 Å². The summed E-state index contributed by atoms with van der Waals surface area (Å²) in [6.45, 7) is 1.10. The highest BCUT2D eigenvalue weighted by Crippen LogP contribution is 2.34. The lowest BCUT2D eigenvalue weighted by Crippen LogP contribution is -2.46. The van der Waals surface area contributed by atoms with Crippen LogP contribution in [-0.4, -0.2) is 30.3 Å². The normalized spacial score (nSPS) is 19.1. The zero-order valence-electron chi connectivity index (χ0n) is 17.8. The van der Waals surface area contributed by atoms with E-state index in [9.17, 15) is 26.7 Å². The molecular formula is C25H20F5NO3. The van der Waals surface area contributed by atoms with Crippen LogP contribution >= 0.6 is 0 Å². The fourth-order valence-corrected chi connectivity index (χ4v) is 3.85. The van der Waals surface area contributed by atoms with Crippen LogP contribution in [-0.2, 0) is 22.2 Å². The van der Waals surface area contributed by atoms with Gasteiger partial charge in [0.1, 0.15) is 11.6 Å². The van der Waals surface area contributed by atoms with Crippen LogP contribution in [0.25, 0.3) is 0 Å². The molecule has 0 saturated carbocycles. The molecule has 3 aromatic carbocycles. The van der Waals surface area contributed by atoms with Gasteiger partial charge >= 0.3 is 12.1 Å². The van der Waals surface area contributed by atoms with Gasteiger partial charge in [0, 0.05) is 13.1 Å². The zero-order valence-corrected chi connectivity index (χ0v) is 17.8. The molecule has 0 unspecified atom stereocenters. The van der Waals surface area contributed by atoms with Crippen molar-refractivity contribution in [1.82, 2.24) is 4.90 Å². The largest absolute Gasteiger partial charge is 0.430 e. The third-order valence-electron chi connectivity index (χ3n) is 5.44. The molecule has 3 aromatic rings. The van der Waals surface area contributed by atoms with Crippen molar-refractivity contribution in [2.75, 3.05) is 13.2 Å². The molecule has 0 bridgehead atoms. The predicted molar refractivity (Wildman–Crippen MR) is 113 cm³/mol. The molecule has 0 aliphatic carbocycles. The molecular weight excluding hydrogens is 457 g/mol. The van der Waals surface area contributed by atoms with Crippen molar-refractivity contribution in [2.45, 2.75) is 25.1 Å². The molecule has 1 aliphatic heterocycles. The Morgan fingerprint density at radius 2 is 1.68 bits per heavy atom. The smallest absolute Gasteiger partial charge is 0.416 e. The number of halogens is 5. The lowest BCUT2D eigenvalue weighted by atomic mass is 10.0. The van der Waals surface area contributed by atoms with Gasteiger partial charge in [-0.05, 0) is 41.5 Å². The van der Waals surface area contributed by atoms with Gasteiger partial charge in [-0.1, -0.05) is 42.5 Å². The van der Waals surface area contributed by atoms with Crippen LogP contribution in [0.2, 0.25) is 0 Å². The Kier molecular flexibility index (Phi) is 6.95. The van der Waals surface area contributed by atoms with E-state index >= 15 is 0 Å². The Bertz CT molecular complexity index is 1140. The Morgan fingerprint density at radius 3 is 2.35 bits per heavy atom. The average molecular weight is 477 g/mol. The van der Waals surface area contributed by atoms with Crippen molar-refractivity contribution >= 4 is 5.97 Å². The highest BCUT2D eigenvalue weighted by molar-refractivity contribution is 5.89. The third kappa shape index (κ3) is 5.60. The number of morpholine rings is 1. The standard InChI is InChI=1S/C25H20F5NO3/c26-20-8-6-17(7-9-20)22-24(33-11-10-31(22)15-16-4-2-1-3-5-16)34-23(32)18-12-19(25(28,29)30)14-21(27)13-18/h1-9,12-14,22,24H,10-11,15H2/t22-,24+/m0/s1. The minimum absolute atomic E-state index is 0.180. The van der Waals surface area contributed by atoms with Crippen molar-refractivity contribution in [1.29, 1.82) is 0 Å². The van der Waals surface area contributed by atoms with Gasteiger partial charge in [-0.15, -0.1) is 0 Å². The molecule has 0 N–H and O–H groups in total. The highest BCUT2D eigenvalue weighted by atomic mass is 19.4. The predicted octanol–water partition coefficient (Wildman–Crippen LogP) is 5.74. The summed E-state index contributed by atoms with van der Waals surface area (Å²) in [6.07, 6.45) is -6.05. The minimum Gasteiger partial charge on any atom is -0.430 e. The van der Waals surface area contributed by atoms with Gasteiger partial charge in [0.25, 0.3) is 0 Å².